The van der Waals surface area contributed by atoms with Crippen LogP contribution in [0.25, 0.3) is 0 Å². The van der Waals surface area contributed by atoms with Crippen LogP contribution in [-0.4, -0.2) is 42.3 Å². The first-order chi connectivity index (χ1) is 10.6. The third kappa shape index (κ3) is 3.61. The van der Waals surface area contributed by atoms with Crippen molar-refractivity contribution >= 4 is 6.03 Å². The van der Waals surface area contributed by atoms with Crippen LogP contribution in [0.1, 0.15) is 42.7 Å². The summed E-state index contributed by atoms with van der Waals surface area (Å²) in [4.78, 5) is 13.8. The van der Waals surface area contributed by atoms with Crippen LogP contribution in [0.4, 0.5) is 4.79 Å². The van der Waals surface area contributed by atoms with Crippen molar-refractivity contribution < 1.29 is 9.90 Å². The zero-order chi connectivity index (χ0) is 15.5. The van der Waals surface area contributed by atoms with Gasteiger partial charge in [-0.05, 0) is 49.1 Å². The van der Waals surface area contributed by atoms with Crippen molar-refractivity contribution in [3.8, 4) is 0 Å². The van der Waals surface area contributed by atoms with Gasteiger partial charge in [0.2, 0.25) is 0 Å². The molecule has 22 heavy (non-hydrogen) atoms. The van der Waals surface area contributed by atoms with Gasteiger partial charge < -0.3 is 15.3 Å². The number of nitrogens with zero attached hydrogens (tertiary/aromatic N) is 1. The Morgan fingerprint density at radius 1 is 1.36 bits per heavy atom. The third-order valence-electron chi connectivity index (χ3n) is 4.97. The van der Waals surface area contributed by atoms with E-state index in [1.165, 1.54) is 17.5 Å². The van der Waals surface area contributed by atoms with Gasteiger partial charge in [0.15, 0.2) is 0 Å². The Labute approximate surface area is 132 Å². The predicted molar refractivity (Wildman–Crippen MR) is 86.9 cm³/mol. The summed E-state index contributed by atoms with van der Waals surface area (Å²) < 4.78 is 0. The molecular weight excluding hydrogens is 276 g/mol. The Kier molecular flexibility index (Phi) is 4.67. The molecule has 2 amide bonds. The Morgan fingerprint density at radius 3 is 2.91 bits per heavy atom. The average molecular weight is 302 g/mol. The van der Waals surface area contributed by atoms with Crippen LogP contribution in [0.15, 0.2) is 24.3 Å². The van der Waals surface area contributed by atoms with Crippen molar-refractivity contribution in [3.63, 3.8) is 0 Å². The Morgan fingerprint density at radius 2 is 2.14 bits per heavy atom. The van der Waals surface area contributed by atoms with E-state index in [1.807, 2.05) is 0 Å². The molecule has 4 nitrogen and oxygen atoms in total. The molecule has 2 unspecified atom stereocenters. The molecule has 2 aliphatic rings. The molecule has 1 fully saturated rings. The van der Waals surface area contributed by atoms with Gasteiger partial charge in [0, 0.05) is 26.1 Å². The van der Waals surface area contributed by atoms with E-state index >= 15 is 0 Å². The fraction of sp³-hybridized carbons (Fsp3) is 0.611. The van der Waals surface area contributed by atoms with Crippen LogP contribution in [0.3, 0.4) is 0 Å². The van der Waals surface area contributed by atoms with E-state index in [0.29, 0.717) is 24.9 Å². The average Bonchev–Trinajstić information content (AvgIpc) is 3.37. The van der Waals surface area contributed by atoms with Crippen LogP contribution in [0.5, 0.6) is 0 Å². The summed E-state index contributed by atoms with van der Waals surface area (Å²) in [6, 6.07) is 8.47. The summed E-state index contributed by atoms with van der Waals surface area (Å²) in [7, 11) is 1.76. The summed E-state index contributed by atoms with van der Waals surface area (Å²) in [6.45, 7) is 1.11. The van der Waals surface area contributed by atoms with Gasteiger partial charge in [-0.1, -0.05) is 24.3 Å². The minimum absolute atomic E-state index is 0.0808. The number of likely N-dealkylation sites (N-methyl/N-ethyl adjacent to an activating group) is 1. The maximum Gasteiger partial charge on any atom is 0.317 e. The predicted octanol–water partition coefficient (Wildman–Crippen LogP) is 2.52. The second kappa shape index (κ2) is 6.69. The van der Waals surface area contributed by atoms with E-state index in [1.54, 1.807) is 11.9 Å². The van der Waals surface area contributed by atoms with Crippen molar-refractivity contribution in [2.24, 2.45) is 5.92 Å². The quantitative estimate of drug-likeness (QED) is 0.878. The summed E-state index contributed by atoms with van der Waals surface area (Å²) in [5.41, 5.74) is 2.81. The summed E-state index contributed by atoms with van der Waals surface area (Å²) in [5, 5.41) is 13.0. The number of aliphatic hydroxyl groups excluding tert-OH is 1. The van der Waals surface area contributed by atoms with Crippen molar-refractivity contribution in [2.45, 2.75) is 44.1 Å². The summed E-state index contributed by atoms with van der Waals surface area (Å²) >= 11 is 0. The molecule has 2 N–H and O–H groups in total. The molecule has 0 spiro atoms. The van der Waals surface area contributed by atoms with Crippen LogP contribution in [0, 0.1) is 5.92 Å². The first-order valence-electron chi connectivity index (χ1n) is 8.40. The van der Waals surface area contributed by atoms with Gasteiger partial charge in [0.05, 0.1) is 6.10 Å². The second-order valence-electron chi connectivity index (χ2n) is 6.76. The maximum absolute atomic E-state index is 12.2. The van der Waals surface area contributed by atoms with Gasteiger partial charge in [0.25, 0.3) is 0 Å². The third-order valence-corrected chi connectivity index (χ3v) is 4.97. The smallest absolute Gasteiger partial charge is 0.317 e. The van der Waals surface area contributed by atoms with Crippen molar-refractivity contribution in [2.75, 3.05) is 20.1 Å². The standard InChI is InChI=1S/C18H26N2O2/c1-20(12-17(21)14-9-10-14)18(22)19-11-15-7-4-6-13-5-2-3-8-16(13)15/h2-3,5,8,14-15,17,21H,4,6-7,9-12H2,1H3,(H,19,22). The molecular formula is C18H26N2O2. The number of fused-ring (bicyclic) bond motifs is 1. The molecule has 0 heterocycles. The number of amides is 2. The zero-order valence-electron chi connectivity index (χ0n) is 13.3. The normalized spacial score (nSPS) is 21.8. The molecule has 1 aromatic rings. The molecule has 1 aromatic carbocycles. The largest absolute Gasteiger partial charge is 0.391 e. The number of carbonyl (C=O) groups is 1. The zero-order valence-corrected chi connectivity index (χ0v) is 13.3. The van der Waals surface area contributed by atoms with Gasteiger partial charge in [-0.25, -0.2) is 4.79 Å². The molecule has 3 rings (SSSR count). The van der Waals surface area contributed by atoms with E-state index in [4.69, 9.17) is 0 Å². The van der Waals surface area contributed by atoms with Crippen LogP contribution >= 0.6 is 0 Å². The molecule has 120 valence electrons. The number of aryl methyl sites for hydroxylation is 1. The van der Waals surface area contributed by atoms with Crippen LogP contribution < -0.4 is 5.32 Å². The minimum atomic E-state index is -0.369. The van der Waals surface area contributed by atoms with Gasteiger partial charge in [-0.15, -0.1) is 0 Å². The lowest BCUT2D eigenvalue weighted by molar-refractivity contribution is 0.113. The molecule has 0 aromatic heterocycles. The molecule has 0 saturated heterocycles. The lowest BCUT2D eigenvalue weighted by Crippen LogP contribution is -2.43. The Hall–Kier alpha value is -1.55. The number of aliphatic hydroxyl groups is 1. The lowest BCUT2D eigenvalue weighted by atomic mass is 9.83. The SMILES string of the molecule is CN(CC(O)C1CC1)C(=O)NCC1CCCc2ccccc21. The van der Waals surface area contributed by atoms with Gasteiger partial charge >= 0.3 is 6.03 Å². The van der Waals surface area contributed by atoms with E-state index in [0.717, 1.165) is 25.7 Å². The number of benzene rings is 1. The number of carbonyl (C=O) groups excluding carboxylic acids is 1. The van der Waals surface area contributed by atoms with Crippen molar-refractivity contribution in [3.05, 3.63) is 35.4 Å². The van der Waals surface area contributed by atoms with E-state index in [9.17, 15) is 9.90 Å². The first-order valence-corrected chi connectivity index (χ1v) is 8.40. The molecule has 2 atom stereocenters. The Balaban J connectivity index is 1.50. The molecule has 0 aliphatic heterocycles. The fourth-order valence-corrected chi connectivity index (χ4v) is 3.41. The topological polar surface area (TPSA) is 52.6 Å². The molecule has 4 heteroatoms. The number of nitrogens with one attached hydrogen (secondary N) is 1. The number of rotatable bonds is 5. The molecule has 2 aliphatic carbocycles. The lowest BCUT2D eigenvalue weighted by Gasteiger charge is -2.27. The molecule has 1 saturated carbocycles. The fourth-order valence-electron chi connectivity index (χ4n) is 3.41. The highest BCUT2D eigenvalue weighted by Gasteiger charge is 2.31. The highest BCUT2D eigenvalue weighted by molar-refractivity contribution is 5.74. The maximum atomic E-state index is 12.2. The highest BCUT2D eigenvalue weighted by Crippen LogP contribution is 2.33. The van der Waals surface area contributed by atoms with Gasteiger partial charge in [-0.2, -0.15) is 0 Å². The van der Waals surface area contributed by atoms with Crippen LogP contribution in [-0.2, 0) is 6.42 Å². The van der Waals surface area contributed by atoms with Gasteiger partial charge in [0.1, 0.15) is 0 Å². The van der Waals surface area contributed by atoms with E-state index < -0.39 is 0 Å². The summed E-state index contributed by atoms with van der Waals surface area (Å²) in [6.07, 6.45) is 5.28. The summed E-state index contributed by atoms with van der Waals surface area (Å²) in [5.74, 6) is 0.816. The van der Waals surface area contributed by atoms with Crippen molar-refractivity contribution in [1.82, 2.24) is 10.2 Å². The highest BCUT2D eigenvalue weighted by atomic mass is 16.3. The number of hydrogen-bond acceptors (Lipinski definition) is 2. The van der Waals surface area contributed by atoms with E-state index in [-0.39, 0.29) is 12.1 Å². The monoisotopic (exact) mass is 302 g/mol. The molecule has 0 radical (unpaired) electrons. The van der Waals surface area contributed by atoms with Crippen LogP contribution in [0.2, 0.25) is 0 Å². The second-order valence-corrected chi connectivity index (χ2v) is 6.76. The van der Waals surface area contributed by atoms with Crippen molar-refractivity contribution in [1.29, 1.82) is 0 Å². The number of urea groups is 1. The number of hydrogen-bond donors (Lipinski definition) is 2. The molecule has 0 bridgehead atoms. The minimum Gasteiger partial charge on any atom is -0.391 e. The van der Waals surface area contributed by atoms with E-state index in [2.05, 4.69) is 29.6 Å². The first kappa shape index (κ1) is 15.3. The van der Waals surface area contributed by atoms with Gasteiger partial charge in [-0.3, -0.25) is 0 Å². The Bertz CT molecular complexity index is 528.